The van der Waals surface area contributed by atoms with Crippen molar-refractivity contribution >= 4 is 57.2 Å². The van der Waals surface area contributed by atoms with Crippen LogP contribution in [0.3, 0.4) is 0 Å². The molecule has 0 saturated carbocycles. The van der Waals surface area contributed by atoms with Crippen molar-refractivity contribution in [3.05, 3.63) is 63.1 Å². The van der Waals surface area contributed by atoms with E-state index in [0.29, 0.717) is 38.9 Å². The van der Waals surface area contributed by atoms with Crippen LogP contribution in [0.1, 0.15) is 22.9 Å². The normalized spacial score (nSPS) is 15.9. The summed E-state index contributed by atoms with van der Waals surface area (Å²) in [6.07, 6.45) is 0.356. The molecule has 2 aromatic carbocycles. The molecule has 0 spiro atoms. The van der Waals surface area contributed by atoms with Crippen LogP contribution in [-0.2, 0) is 9.59 Å². The van der Waals surface area contributed by atoms with Crippen molar-refractivity contribution in [2.75, 3.05) is 23.4 Å². The van der Waals surface area contributed by atoms with Gasteiger partial charge < -0.3 is 9.64 Å². The van der Waals surface area contributed by atoms with Gasteiger partial charge in [-0.25, -0.2) is 0 Å². The number of benzene rings is 2. The van der Waals surface area contributed by atoms with Crippen LogP contribution in [0.25, 0.3) is 0 Å². The van der Waals surface area contributed by atoms with Gasteiger partial charge in [-0.2, -0.15) is 0 Å². The number of aromatic nitrogens is 2. The molecular weight excluding hydrogens is 459 g/mol. The number of hydrogen-bond acceptors (Lipinski definition) is 6. The maximum atomic E-state index is 12.5. The first-order valence-electron chi connectivity index (χ1n) is 9.47. The molecule has 1 N–H and O–H groups in total. The van der Waals surface area contributed by atoms with Gasteiger partial charge in [-0.3, -0.25) is 14.9 Å². The summed E-state index contributed by atoms with van der Waals surface area (Å²) < 4.78 is 5.42. The van der Waals surface area contributed by atoms with E-state index in [1.807, 2.05) is 31.2 Å². The summed E-state index contributed by atoms with van der Waals surface area (Å²) in [6, 6.07) is 12.6. The second-order valence-corrected chi connectivity index (χ2v) is 8.95. The predicted octanol–water partition coefficient (Wildman–Crippen LogP) is 4.69. The fourth-order valence-electron chi connectivity index (χ4n) is 3.26. The Balaban J connectivity index is 1.35. The highest BCUT2D eigenvalue weighted by Crippen LogP contribution is 2.34. The minimum Gasteiger partial charge on any atom is -0.482 e. The molecule has 7 nitrogen and oxygen atoms in total. The lowest BCUT2D eigenvalue weighted by Crippen LogP contribution is -2.24. The minimum atomic E-state index is -0.391. The highest BCUT2D eigenvalue weighted by molar-refractivity contribution is 7.15. The Bertz CT molecular complexity index is 1140. The number of hydrogen-bond donors (Lipinski definition) is 1. The molecule has 0 aliphatic carbocycles. The standard InChI is InChI=1S/C21H18Cl2N4O3S/c1-12-3-2-4-15(7-12)27-10-13(8-19(27)29)20-25-26-21(31-20)24-18(28)11-30-17-6-5-14(22)9-16(17)23/h2-7,9,13H,8,10-11H2,1H3,(H,24,26,28). The second kappa shape index (κ2) is 9.21. The minimum absolute atomic E-state index is 0.0460. The number of halogens is 2. The lowest BCUT2D eigenvalue weighted by molar-refractivity contribution is -0.118. The van der Waals surface area contributed by atoms with Gasteiger partial charge in [-0.05, 0) is 42.8 Å². The van der Waals surface area contributed by atoms with Gasteiger partial charge in [0.15, 0.2) is 6.61 Å². The molecule has 1 aliphatic heterocycles. The molecule has 2 heterocycles. The highest BCUT2D eigenvalue weighted by Gasteiger charge is 2.34. The van der Waals surface area contributed by atoms with E-state index in [1.54, 1.807) is 17.0 Å². The number of nitrogens with one attached hydrogen (secondary N) is 1. The molecule has 3 aromatic rings. The van der Waals surface area contributed by atoms with Gasteiger partial charge in [-0.1, -0.05) is 46.7 Å². The molecule has 0 bridgehead atoms. The lowest BCUT2D eigenvalue weighted by atomic mass is 10.1. The van der Waals surface area contributed by atoms with Gasteiger partial charge in [0.1, 0.15) is 10.8 Å². The molecular formula is C21H18Cl2N4O3S. The van der Waals surface area contributed by atoms with Crippen molar-refractivity contribution in [2.24, 2.45) is 0 Å². The first-order chi connectivity index (χ1) is 14.9. The number of carbonyl (C=O) groups excluding carboxylic acids is 2. The van der Waals surface area contributed by atoms with Crippen LogP contribution in [-0.4, -0.2) is 35.2 Å². The maximum absolute atomic E-state index is 12.5. The average Bonchev–Trinajstić information content (AvgIpc) is 3.34. The van der Waals surface area contributed by atoms with Crippen molar-refractivity contribution in [1.29, 1.82) is 0 Å². The van der Waals surface area contributed by atoms with Gasteiger partial charge in [0.2, 0.25) is 11.0 Å². The number of aryl methyl sites for hydroxylation is 1. The maximum Gasteiger partial charge on any atom is 0.264 e. The van der Waals surface area contributed by atoms with E-state index >= 15 is 0 Å². The zero-order valence-corrected chi connectivity index (χ0v) is 18.8. The van der Waals surface area contributed by atoms with Gasteiger partial charge >= 0.3 is 0 Å². The van der Waals surface area contributed by atoms with E-state index in [2.05, 4.69) is 15.5 Å². The van der Waals surface area contributed by atoms with E-state index < -0.39 is 5.91 Å². The molecule has 1 aliphatic rings. The van der Waals surface area contributed by atoms with E-state index in [1.165, 1.54) is 17.4 Å². The highest BCUT2D eigenvalue weighted by atomic mass is 35.5. The topological polar surface area (TPSA) is 84.4 Å². The summed E-state index contributed by atoms with van der Waals surface area (Å²) in [4.78, 5) is 26.5. The second-order valence-electron chi connectivity index (χ2n) is 7.10. The summed E-state index contributed by atoms with van der Waals surface area (Å²) in [5.41, 5.74) is 1.97. The monoisotopic (exact) mass is 476 g/mol. The molecule has 4 rings (SSSR count). The first-order valence-corrected chi connectivity index (χ1v) is 11.0. The Kier molecular flexibility index (Phi) is 6.41. The Morgan fingerprint density at radius 2 is 2.10 bits per heavy atom. The zero-order valence-electron chi connectivity index (χ0n) is 16.5. The number of rotatable bonds is 6. The molecule has 2 amide bonds. The average molecular weight is 477 g/mol. The molecule has 1 fully saturated rings. The van der Waals surface area contributed by atoms with Crippen LogP contribution >= 0.6 is 34.5 Å². The van der Waals surface area contributed by atoms with Crippen molar-refractivity contribution in [1.82, 2.24) is 10.2 Å². The molecule has 1 unspecified atom stereocenters. The van der Waals surface area contributed by atoms with Gasteiger partial charge in [0.05, 0.1) is 5.02 Å². The van der Waals surface area contributed by atoms with E-state index in [-0.39, 0.29) is 18.4 Å². The van der Waals surface area contributed by atoms with Crippen LogP contribution in [0.2, 0.25) is 10.0 Å². The van der Waals surface area contributed by atoms with Crippen LogP contribution < -0.4 is 15.0 Å². The van der Waals surface area contributed by atoms with Crippen LogP contribution in [0, 0.1) is 6.92 Å². The third kappa shape index (κ3) is 5.15. The van der Waals surface area contributed by atoms with E-state index in [9.17, 15) is 9.59 Å². The summed E-state index contributed by atoms with van der Waals surface area (Å²) in [5, 5.41) is 12.7. The van der Waals surface area contributed by atoms with E-state index in [0.717, 1.165) is 11.3 Å². The van der Waals surface area contributed by atoms with Crippen molar-refractivity contribution in [2.45, 2.75) is 19.3 Å². The Labute approximate surface area is 192 Å². The fraction of sp³-hybridized carbons (Fsp3) is 0.238. The zero-order chi connectivity index (χ0) is 22.0. The van der Waals surface area contributed by atoms with Crippen LogP contribution in [0.15, 0.2) is 42.5 Å². The Morgan fingerprint density at radius 3 is 2.87 bits per heavy atom. The number of amides is 2. The van der Waals surface area contributed by atoms with Crippen LogP contribution in [0.5, 0.6) is 5.75 Å². The molecule has 160 valence electrons. The molecule has 31 heavy (non-hydrogen) atoms. The molecule has 1 aromatic heterocycles. The third-order valence-electron chi connectivity index (χ3n) is 4.73. The van der Waals surface area contributed by atoms with Crippen molar-refractivity contribution in [3.8, 4) is 5.75 Å². The number of carbonyl (C=O) groups is 2. The molecule has 1 atom stereocenters. The summed E-state index contributed by atoms with van der Waals surface area (Å²) in [5.74, 6) is -0.0533. The van der Waals surface area contributed by atoms with Crippen molar-refractivity contribution in [3.63, 3.8) is 0 Å². The Morgan fingerprint density at radius 1 is 1.26 bits per heavy atom. The largest absolute Gasteiger partial charge is 0.482 e. The van der Waals surface area contributed by atoms with Crippen LogP contribution in [0.4, 0.5) is 10.8 Å². The lowest BCUT2D eigenvalue weighted by Gasteiger charge is -2.16. The van der Waals surface area contributed by atoms with E-state index in [4.69, 9.17) is 27.9 Å². The summed E-state index contributed by atoms with van der Waals surface area (Å²) in [6.45, 7) is 2.29. The fourth-order valence-corrected chi connectivity index (χ4v) is 4.57. The quantitative estimate of drug-likeness (QED) is 0.557. The Hall–Kier alpha value is -2.68. The van der Waals surface area contributed by atoms with Gasteiger partial charge in [-0.15, -0.1) is 10.2 Å². The first kappa shape index (κ1) is 21.5. The smallest absolute Gasteiger partial charge is 0.264 e. The van der Waals surface area contributed by atoms with Crippen molar-refractivity contribution < 1.29 is 14.3 Å². The summed E-state index contributed by atoms with van der Waals surface area (Å²) in [7, 11) is 0. The predicted molar refractivity (Wildman–Crippen MR) is 121 cm³/mol. The molecule has 10 heteroatoms. The SMILES string of the molecule is Cc1cccc(N2CC(c3nnc(NC(=O)COc4ccc(Cl)cc4Cl)s3)CC2=O)c1. The summed E-state index contributed by atoms with van der Waals surface area (Å²) >= 11 is 13.1. The molecule has 1 saturated heterocycles. The molecule has 0 radical (unpaired) electrons. The van der Waals surface area contributed by atoms with Gasteiger partial charge in [0.25, 0.3) is 5.91 Å². The third-order valence-corrected chi connectivity index (χ3v) is 6.26. The number of ether oxygens (including phenoxy) is 1. The number of nitrogens with zero attached hydrogens (tertiary/aromatic N) is 3. The van der Waals surface area contributed by atoms with Gasteiger partial charge in [0, 0.05) is 29.6 Å². The number of anilines is 2.